The second-order valence-electron chi connectivity index (χ2n) is 6.67. The van der Waals surface area contributed by atoms with Gasteiger partial charge in [0.05, 0.1) is 0 Å². The number of hydrogen-bond donors (Lipinski definition) is 1. The first-order valence-electron chi connectivity index (χ1n) is 7.77. The Kier molecular flexibility index (Phi) is 3.88. The van der Waals surface area contributed by atoms with E-state index in [1.807, 2.05) is 6.07 Å². The summed E-state index contributed by atoms with van der Waals surface area (Å²) in [6, 6.07) is 6.85. The average Bonchev–Trinajstić information content (AvgIpc) is 2.88. The lowest BCUT2D eigenvalue weighted by Crippen LogP contribution is -2.41. The van der Waals surface area contributed by atoms with Gasteiger partial charge in [-0.3, -0.25) is 0 Å². The third kappa shape index (κ3) is 3.09. The fourth-order valence-corrected chi connectivity index (χ4v) is 2.96. The lowest BCUT2D eigenvalue weighted by molar-refractivity contribution is 0.151. The summed E-state index contributed by atoms with van der Waals surface area (Å²) in [4.78, 5) is 0. The highest BCUT2D eigenvalue weighted by Gasteiger charge is 2.31. The van der Waals surface area contributed by atoms with E-state index in [1.54, 1.807) is 0 Å². The fourth-order valence-electron chi connectivity index (χ4n) is 2.96. The predicted molar refractivity (Wildman–Crippen MR) is 80.3 cm³/mol. The molecule has 0 saturated heterocycles. The molecule has 1 unspecified atom stereocenters. The molecule has 1 aromatic carbocycles. The standard InChI is InChI=1S/C17H25NO2/c1-13(18-11-17(2)8-3-9-17)4-5-14-6-7-15-16(10-14)20-12-19-15/h6-7,10,13,18H,3-5,8-9,11-12H2,1-2H3. The van der Waals surface area contributed by atoms with Crippen molar-refractivity contribution in [2.75, 3.05) is 13.3 Å². The second-order valence-corrected chi connectivity index (χ2v) is 6.67. The Bertz CT molecular complexity index is 468. The Morgan fingerprint density at radius 3 is 2.80 bits per heavy atom. The summed E-state index contributed by atoms with van der Waals surface area (Å²) in [5, 5.41) is 3.69. The maximum Gasteiger partial charge on any atom is 0.231 e. The summed E-state index contributed by atoms with van der Waals surface area (Å²) < 4.78 is 10.8. The van der Waals surface area contributed by atoms with Crippen molar-refractivity contribution in [3.05, 3.63) is 23.8 Å². The van der Waals surface area contributed by atoms with Crippen LogP contribution in [0.2, 0.25) is 0 Å². The number of fused-ring (bicyclic) bond motifs is 1. The highest BCUT2D eigenvalue weighted by molar-refractivity contribution is 5.44. The molecule has 0 bridgehead atoms. The van der Waals surface area contributed by atoms with E-state index in [2.05, 4.69) is 31.3 Å². The van der Waals surface area contributed by atoms with Crippen LogP contribution in [-0.2, 0) is 6.42 Å². The summed E-state index contributed by atoms with van der Waals surface area (Å²) in [5.41, 5.74) is 1.89. The number of ether oxygens (including phenoxy) is 2. The van der Waals surface area contributed by atoms with Crippen LogP contribution in [0.25, 0.3) is 0 Å². The zero-order valence-electron chi connectivity index (χ0n) is 12.6. The minimum absolute atomic E-state index is 0.356. The van der Waals surface area contributed by atoms with Crippen molar-refractivity contribution in [3.63, 3.8) is 0 Å². The molecule has 1 aliphatic carbocycles. The molecular weight excluding hydrogens is 250 g/mol. The van der Waals surface area contributed by atoms with Crippen LogP contribution in [0.3, 0.4) is 0 Å². The first-order chi connectivity index (χ1) is 9.65. The molecule has 3 heteroatoms. The Morgan fingerprint density at radius 1 is 1.25 bits per heavy atom. The number of benzene rings is 1. The van der Waals surface area contributed by atoms with Gasteiger partial charge in [0.25, 0.3) is 0 Å². The molecule has 1 saturated carbocycles. The second kappa shape index (κ2) is 5.65. The maximum absolute atomic E-state index is 5.42. The molecule has 3 rings (SSSR count). The molecule has 2 aliphatic rings. The van der Waals surface area contributed by atoms with Gasteiger partial charge >= 0.3 is 0 Å². The third-order valence-electron chi connectivity index (χ3n) is 4.74. The van der Waals surface area contributed by atoms with Gasteiger partial charge in [0.1, 0.15) is 0 Å². The highest BCUT2D eigenvalue weighted by Crippen LogP contribution is 2.39. The number of nitrogens with one attached hydrogen (secondary N) is 1. The minimum atomic E-state index is 0.356. The van der Waals surface area contributed by atoms with Gasteiger partial charge in [-0.25, -0.2) is 0 Å². The first-order valence-corrected chi connectivity index (χ1v) is 7.77. The summed E-state index contributed by atoms with van der Waals surface area (Å²) in [6.45, 7) is 6.20. The van der Waals surface area contributed by atoms with Gasteiger partial charge in [0, 0.05) is 12.6 Å². The third-order valence-corrected chi connectivity index (χ3v) is 4.74. The van der Waals surface area contributed by atoms with Gasteiger partial charge in [-0.1, -0.05) is 19.4 Å². The van der Waals surface area contributed by atoms with Crippen molar-refractivity contribution in [1.29, 1.82) is 0 Å². The van der Waals surface area contributed by atoms with Crippen LogP contribution in [0.4, 0.5) is 0 Å². The number of rotatable bonds is 6. The SMILES string of the molecule is CC(CCc1ccc2c(c1)OCO2)NCC1(C)CCC1. The van der Waals surface area contributed by atoms with E-state index >= 15 is 0 Å². The van der Waals surface area contributed by atoms with Crippen molar-refractivity contribution in [2.45, 2.75) is 52.0 Å². The molecule has 0 spiro atoms. The lowest BCUT2D eigenvalue weighted by Gasteiger charge is -2.39. The summed E-state index contributed by atoms with van der Waals surface area (Å²) in [5.74, 6) is 1.77. The predicted octanol–water partition coefficient (Wildman–Crippen LogP) is 3.52. The van der Waals surface area contributed by atoms with Crippen LogP contribution in [0.5, 0.6) is 11.5 Å². The van der Waals surface area contributed by atoms with E-state index in [-0.39, 0.29) is 0 Å². The molecule has 1 heterocycles. The van der Waals surface area contributed by atoms with Crippen LogP contribution in [0.1, 0.15) is 45.1 Å². The molecule has 110 valence electrons. The molecule has 1 N–H and O–H groups in total. The Labute approximate surface area is 121 Å². The van der Waals surface area contributed by atoms with Crippen LogP contribution in [0, 0.1) is 5.41 Å². The molecule has 1 aliphatic heterocycles. The zero-order chi connectivity index (χ0) is 14.0. The monoisotopic (exact) mass is 275 g/mol. The topological polar surface area (TPSA) is 30.5 Å². The van der Waals surface area contributed by atoms with Gasteiger partial charge in [0.15, 0.2) is 11.5 Å². The Balaban J connectivity index is 1.44. The first kappa shape index (κ1) is 13.7. The largest absolute Gasteiger partial charge is 0.454 e. The molecule has 20 heavy (non-hydrogen) atoms. The maximum atomic E-state index is 5.42. The van der Waals surface area contributed by atoms with E-state index in [0.717, 1.165) is 30.9 Å². The lowest BCUT2D eigenvalue weighted by atomic mass is 9.70. The molecule has 1 aromatic rings. The van der Waals surface area contributed by atoms with Crippen LogP contribution >= 0.6 is 0 Å². The van der Waals surface area contributed by atoms with E-state index < -0.39 is 0 Å². The Morgan fingerprint density at radius 2 is 2.05 bits per heavy atom. The molecule has 0 amide bonds. The molecule has 1 atom stereocenters. The molecular formula is C17H25NO2. The average molecular weight is 275 g/mol. The normalized spacial score (nSPS) is 20.5. The van der Waals surface area contributed by atoms with Crippen molar-refractivity contribution in [2.24, 2.45) is 5.41 Å². The zero-order valence-corrected chi connectivity index (χ0v) is 12.6. The van der Waals surface area contributed by atoms with E-state index in [1.165, 1.54) is 24.8 Å². The van der Waals surface area contributed by atoms with Crippen LogP contribution in [-0.4, -0.2) is 19.4 Å². The number of aryl methyl sites for hydroxylation is 1. The van der Waals surface area contributed by atoms with Crippen molar-refractivity contribution in [3.8, 4) is 11.5 Å². The van der Waals surface area contributed by atoms with Crippen molar-refractivity contribution in [1.82, 2.24) is 5.32 Å². The van der Waals surface area contributed by atoms with Gasteiger partial charge in [-0.05, 0) is 55.7 Å². The molecule has 0 radical (unpaired) electrons. The summed E-state index contributed by atoms with van der Waals surface area (Å²) in [6.07, 6.45) is 6.42. The van der Waals surface area contributed by atoms with Gasteiger partial charge in [-0.2, -0.15) is 0 Å². The summed E-state index contributed by atoms with van der Waals surface area (Å²) >= 11 is 0. The molecule has 3 nitrogen and oxygen atoms in total. The quantitative estimate of drug-likeness (QED) is 0.861. The molecule has 0 aromatic heterocycles. The van der Waals surface area contributed by atoms with E-state index in [0.29, 0.717) is 18.2 Å². The Hall–Kier alpha value is -1.22. The van der Waals surface area contributed by atoms with Crippen molar-refractivity contribution < 1.29 is 9.47 Å². The van der Waals surface area contributed by atoms with Crippen LogP contribution < -0.4 is 14.8 Å². The number of hydrogen-bond acceptors (Lipinski definition) is 3. The summed E-state index contributed by atoms with van der Waals surface area (Å²) in [7, 11) is 0. The van der Waals surface area contributed by atoms with E-state index in [4.69, 9.17) is 9.47 Å². The van der Waals surface area contributed by atoms with Crippen molar-refractivity contribution >= 4 is 0 Å². The van der Waals surface area contributed by atoms with Gasteiger partial charge in [-0.15, -0.1) is 0 Å². The van der Waals surface area contributed by atoms with Gasteiger partial charge in [0.2, 0.25) is 6.79 Å². The fraction of sp³-hybridized carbons (Fsp3) is 0.647. The van der Waals surface area contributed by atoms with E-state index in [9.17, 15) is 0 Å². The molecule has 1 fully saturated rings. The highest BCUT2D eigenvalue weighted by atomic mass is 16.7. The minimum Gasteiger partial charge on any atom is -0.454 e. The smallest absolute Gasteiger partial charge is 0.231 e. The van der Waals surface area contributed by atoms with Crippen LogP contribution in [0.15, 0.2) is 18.2 Å². The van der Waals surface area contributed by atoms with Gasteiger partial charge < -0.3 is 14.8 Å².